The van der Waals surface area contributed by atoms with E-state index >= 15 is 0 Å². The van der Waals surface area contributed by atoms with Crippen LogP contribution in [0.25, 0.3) is 11.3 Å². The molecule has 6 heteroatoms. The third-order valence-electron chi connectivity index (χ3n) is 5.28. The summed E-state index contributed by atoms with van der Waals surface area (Å²) in [7, 11) is 0. The van der Waals surface area contributed by atoms with Crippen molar-refractivity contribution in [3.63, 3.8) is 0 Å². The lowest BCUT2D eigenvalue weighted by Gasteiger charge is -2.32. The van der Waals surface area contributed by atoms with Crippen LogP contribution in [0.2, 0.25) is 0 Å². The third-order valence-corrected chi connectivity index (χ3v) is 5.28. The number of aromatic nitrogens is 2. The smallest absolute Gasteiger partial charge is 0.253 e. The Morgan fingerprint density at radius 1 is 1.18 bits per heavy atom. The molecule has 3 aromatic rings. The molecule has 1 fully saturated rings. The molecule has 1 saturated heterocycles. The van der Waals surface area contributed by atoms with Gasteiger partial charge in [-0.25, -0.2) is 4.39 Å². The molecule has 0 radical (unpaired) electrons. The monoisotopic (exact) mass is 379 g/mol. The number of likely N-dealkylation sites (tertiary alicyclic amines) is 1. The van der Waals surface area contributed by atoms with Crippen LogP contribution in [0.4, 0.5) is 4.39 Å². The number of halogens is 1. The molecule has 2 aromatic heterocycles. The molecule has 4 rings (SSSR count). The predicted molar refractivity (Wildman–Crippen MR) is 103 cm³/mol. The minimum absolute atomic E-state index is 0.0634. The summed E-state index contributed by atoms with van der Waals surface area (Å²) in [5.74, 6) is 0.512. The lowest BCUT2D eigenvalue weighted by Crippen LogP contribution is -2.39. The van der Waals surface area contributed by atoms with E-state index in [0.717, 1.165) is 41.2 Å². The third kappa shape index (κ3) is 3.54. The van der Waals surface area contributed by atoms with E-state index in [4.69, 9.17) is 9.51 Å². The second-order valence-corrected chi connectivity index (χ2v) is 7.24. The summed E-state index contributed by atoms with van der Waals surface area (Å²) in [4.78, 5) is 19.5. The Kier molecular flexibility index (Phi) is 4.94. The zero-order chi connectivity index (χ0) is 19.7. The number of hydrogen-bond acceptors (Lipinski definition) is 4. The van der Waals surface area contributed by atoms with Crippen LogP contribution in [-0.4, -0.2) is 34.0 Å². The molecule has 1 unspecified atom stereocenters. The SMILES string of the molecule is Cc1noc(C)c1-c1cccc(C2CCCN(C(=O)c3ccc(F)cc3)C2)n1. The molecule has 0 N–H and O–H groups in total. The van der Waals surface area contributed by atoms with Crippen LogP contribution in [-0.2, 0) is 0 Å². The number of aryl methyl sites for hydroxylation is 2. The van der Waals surface area contributed by atoms with E-state index in [1.807, 2.05) is 36.9 Å². The van der Waals surface area contributed by atoms with Crippen LogP contribution >= 0.6 is 0 Å². The Labute approximate surface area is 163 Å². The molecule has 28 heavy (non-hydrogen) atoms. The predicted octanol–water partition coefficient (Wildman–Crippen LogP) is 4.51. The normalized spacial score (nSPS) is 17.0. The zero-order valence-electron chi connectivity index (χ0n) is 16.0. The largest absolute Gasteiger partial charge is 0.361 e. The number of carbonyl (C=O) groups is 1. The van der Waals surface area contributed by atoms with Gasteiger partial charge in [0.2, 0.25) is 0 Å². The summed E-state index contributed by atoms with van der Waals surface area (Å²) >= 11 is 0. The quantitative estimate of drug-likeness (QED) is 0.672. The van der Waals surface area contributed by atoms with Crippen LogP contribution in [0.15, 0.2) is 47.0 Å². The molecule has 0 spiro atoms. The van der Waals surface area contributed by atoms with Gasteiger partial charge in [-0.1, -0.05) is 11.2 Å². The molecular formula is C22H22FN3O2. The molecule has 1 atom stereocenters. The Morgan fingerprint density at radius 2 is 1.96 bits per heavy atom. The first kappa shape index (κ1) is 18.3. The summed E-state index contributed by atoms with van der Waals surface area (Å²) in [6, 6.07) is 11.7. The van der Waals surface area contributed by atoms with Crippen molar-refractivity contribution in [3.05, 3.63) is 71.0 Å². The van der Waals surface area contributed by atoms with E-state index in [9.17, 15) is 9.18 Å². The number of piperidine rings is 1. The summed E-state index contributed by atoms with van der Waals surface area (Å²) in [5.41, 5.74) is 4.07. The maximum atomic E-state index is 13.1. The molecule has 3 heterocycles. The van der Waals surface area contributed by atoms with E-state index in [-0.39, 0.29) is 17.6 Å². The molecule has 0 aliphatic carbocycles. The average Bonchev–Trinajstić information content (AvgIpc) is 3.06. The van der Waals surface area contributed by atoms with Gasteiger partial charge >= 0.3 is 0 Å². The van der Waals surface area contributed by atoms with Gasteiger partial charge in [-0.05, 0) is 63.1 Å². The molecular weight excluding hydrogens is 357 g/mol. The summed E-state index contributed by atoms with van der Waals surface area (Å²) in [5, 5.41) is 4.02. The van der Waals surface area contributed by atoms with Crippen LogP contribution < -0.4 is 0 Å². The van der Waals surface area contributed by atoms with Gasteiger partial charge in [0.15, 0.2) is 0 Å². The molecule has 0 bridgehead atoms. The van der Waals surface area contributed by atoms with Gasteiger partial charge in [-0.15, -0.1) is 0 Å². The van der Waals surface area contributed by atoms with E-state index in [1.165, 1.54) is 24.3 Å². The summed E-state index contributed by atoms with van der Waals surface area (Å²) in [6.07, 6.45) is 1.89. The van der Waals surface area contributed by atoms with Crippen LogP contribution in [0, 0.1) is 19.7 Å². The van der Waals surface area contributed by atoms with Crippen LogP contribution in [0.5, 0.6) is 0 Å². The first-order valence-electron chi connectivity index (χ1n) is 9.48. The fourth-order valence-corrected chi connectivity index (χ4v) is 3.84. The lowest BCUT2D eigenvalue weighted by atomic mass is 9.93. The highest BCUT2D eigenvalue weighted by molar-refractivity contribution is 5.94. The fourth-order valence-electron chi connectivity index (χ4n) is 3.84. The first-order valence-corrected chi connectivity index (χ1v) is 9.48. The van der Waals surface area contributed by atoms with Gasteiger partial charge in [-0.2, -0.15) is 0 Å². The number of rotatable bonds is 3. The minimum Gasteiger partial charge on any atom is -0.361 e. The van der Waals surface area contributed by atoms with Crippen molar-refractivity contribution in [1.29, 1.82) is 0 Å². The highest BCUT2D eigenvalue weighted by atomic mass is 19.1. The Hall–Kier alpha value is -3.02. The van der Waals surface area contributed by atoms with Crippen LogP contribution in [0.1, 0.15) is 46.3 Å². The second-order valence-electron chi connectivity index (χ2n) is 7.24. The topological polar surface area (TPSA) is 59.2 Å². The summed E-state index contributed by atoms with van der Waals surface area (Å²) in [6.45, 7) is 5.10. The standard InChI is InChI=1S/C22H22FN3O2/c1-14-21(15(2)28-25-14)20-7-3-6-19(24-20)17-5-4-12-26(13-17)22(27)16-8-10-18(23)11-9-16/h3,6-11,17H,4-5,12-13H2,1-2H3. The number of pyridine rings is 1. The van der Waals surface area contributed by atoms with Crippen molar-refractivity contribution in [1.82, 2.24) is 15.0 Å². The van der Waals surface area contributed by atoms with Crippen molar-refractivity contribution < 1.29 is 13.7 Å². The molecule has 0 saturated carbocycles. The molecule has 1 amide bonds. The van der Waals surface area contributed by atoms with Gasteiger partial charge in [-0.3, -0.25) is 9.78 Å². The summed E-state index contributed by atoms with van der Waals surface area (Å²) < 4.78 is 18.4. The van der Waals surface area contributed by atoms with Crippen LogP contribution in [0.3, 0.4) is 0 Å². The number of nitrogens with zero attached hydrogens (tertiary/aromatic N) is 3. The second kappa shape index (κ2) is 7.54. The van der Waals surface area contributed by atoms with Gasteiger partial charge in [0.25, 0.3) is 5.91 Å². The van der Waals surface area contributed by atoms with E-state index in [2.05, 4.69) is 5.16 Å². The van der Waals surface area contributed by atoms with E-state index in [1.54, 1.807) is 0 Å². The van der Waals surface area contributed by atoms with Gasteiger partial charge in [0.05, 0.1) is 17.0 Å². The van der Waals surface area contributed by atoms with Crippen molar-refractivity contribution >= 4 is 5.91 Å². The lowest BCUT2D eigenvalue weighted by molar-refractivity contribution is 0.0706. The number of benzene rings is 1. The number of carbonyl (C=O) groups excluding carboxylic acids is 1. The number of hydrogen-bond donors (Lipinski definition) is 0. The molecule has 5 nitrogen and oxygen atoms in total. The highest BCUT2D eigenvalue weighted by Gasteiger charge is 2.27. The molecule has 1 aromatic carbocycles. The van der Waals surface area contributed by atoms with E-state index < -0.39 is 0 Å². The Morgan fingerprint density at radius 3 is 2.68 bits per heavy atom. The maximum Gasteiger partial charge on any atom is 0.253 e. The Bertz CT molecular complexity index is 978. The zero-order valence-corrected chi connectivity index (χ0v) is 16.0. The van der Waals surface area contributed by atoms with Gasteiger partial charge < -0.3 is 9.42 Å². The van der Waals surface area contributed by atoms with Crippen molar-refractivity contribution in [3.8, 4) is 11.3 Å². The van der Waals surface area contributed by atoms with Crippen molar-refractivity contribution in [2.75, 3.05) is 13.1 Å². The van der Waals surface area contributed by atoms with E-state index in [0.29, 0.717) is 18.7 Å². The van der Waals surface area contributed by atoms with Crippen molar-refractivity contribution in [2.45, 2.75) is 32.6 Å². The highest BCUT2D eigenvalue weighted by Crippen LogP contribution is 2.30. The van der Waals surface area contributed by atoms with Crippen molar-refractivity contribution in [2.24, 2.45) is 0 Å². The molecule has 144 valence electrons. The Balaban J connectivity index is 1.56. The minimum atomic E-state index is -0.339. The molecule has 1 aliphatic rings. The average molecular weight is 379 g/mol. The maximum absolute atomic E-state index is 13.1. The van der Waals surface area contributed by atoms with Gasteiger partial charge in [0, 0.05) is 30.3 Å². The van der Waals surface area contributed by atoms with Gasteiger partial charge in [0.1, 0.15) is 11.6 Å². The first-order chi connectivity index (χ1) is 13.5. The molecule has 1 aliphatic heterocycles. The fraction of sp³-hybridized carbons (Fsp3) is 0.318. The number of amides is 1.